The number of ether oxygens (including phenoxy) is 2. The van der Waals surface area contributed by atoms with Crippen molar-refractivity contribution >= 4 is 34.7 Å². The molecular weight excluding hydrogens is 466 g/mol. The number of amides is 1. The number of aromatic nitrogens is 3. The van der Waals surface area contributed by atoms with Gasteiger partial charge in [0.1, 0.15) is 0 Å². The Morgan fingerprint density at radius 1 is 0.943 bits per heavy atom. The van der Waals surface area contributed by atoms with E-state index in [1.54, 1.807) is 56.7 Å². The lowest BCUT2D eigenvalue weighted by Crippen LogP contribution is -2.16. The molecule has 35 heavy (non-hydrogen) atoms. The molecule has 1 aromatic heterocycles. The lowest BCUT2D eigenvalue weighted by Gasteiger charge is -2.09. The summed E-state index contributed by atoms with van der Waals surface area (Å²) in [6, 6.07) is 21.9. The van der Waals surface area contributed by atoms with Gasteiger partial charge in [-0.2, -0.15) is 10.2 Å². The third-order valence-electron chi connectivity index (χ3n) is 4.83. The van der Waals surface area contributed by atoms with Gasteiger partial charge < -0.3 is 20.6 Å². The maximum Gasteiger partial charge on any atom is 0.234 e. The quantitative estimate of drug-likeness (QED) is 0.196. The van der Waals surface area contributed by atoms with Crippen LogP contribution in [0.2, 0.25) is 0 Å². The van der Waals surface area contributed by atoms with E-state index < -0.39 is 0 Å². The van der Waals surface area contributed by atoms with Crippen molar-refractivity contribution in [3.05, 3.63) is 72.8 Å². The number of thioether (sulfide) groups is 1. The number of methoxy groups -OCH3 is 2. The summed E-state index contributed by atoms with van der Waals surface area (Å²) in [5.74, 6) is 7.66. The van der Waals surface area contributed by atoms with Gasteiger partial charge in [0, 0.05) is 11.3 Å². The molecule has 0 unspecified atom stereocenters. The number of anilines is 1. The van der Waals surface area contributed by atoms with Crippen LogP contribution in [0, 0.1) is 0 Å². The first-order chi connectivity index (χ1) is 17.1. The standard InChI is InChI=1S/C24H23N7O3S/c1-33-20-13-8-16(14-21(20)34-2)23-29-30-24(31(23)25)35-15-22(32)26-17-9-11-19(12-10-17)28-27-18-6-4-3-5-7-18/h3-14H,15,25H2,1-2H3,(H,26,32). The van der Waals surface area contributed by atoms with Crippen molar-refractivity contribution in [2.75, 3.05) is 31.1 Å². The van der Waals surface area contributed by atoms with Crippen molar-refractivity contribution in [1.29, 1.82) is 0 Å². The van der Waals surface area contributed by atoms with E-state index in [2.05, 4.69) is 25.7 Å². The number of carbonyl (C=O) groups excluding carboxylic acids is 1. The Bertz CT molecular complexity index is 1320. The highest BCUT2D eigenvalue weighted by atomic mass is 32.2. The fourth-order valence-electron chi connectivity index (χ4n) is 3.10. The van der Waals surface area contributed by atoms with E-state index in [4.69, 9.17) is 15.3 Å². The largest absolute Gasteiger partial charge is 0.493 e. The van der Waals surface area contributed by atoms with E-state index in [1.807, 2.05) is 30.3 Å². The van der Waals surface area contributed by atoms with Gasteiger partial charge in [-0.3, -0.25) is 4.79 Å². The maximum absolute atomic E-state index is 12.4. The Labute approximate surface area is 206 Å². The van der Waals surface area contributed by atoms with Crippen molar-refractivity contribution in [1.82, 2.24) is 14.9 Å². The molecule has 11 heteroatoms. The fraction of sp³-hybridized carbons (Fsp3) is 0.125. The van der Waals surface area contributed by atoms with Gasteiger partial charge in [0.15, 0.2) is 17.3 Å². The number of hydrogen-bond donors (Lipinski definition) is 2. The van der Waals surface area contributed by atoms with Crippen molar-refractivity contribution in [2.45, 2.75) is 5.16 Å². The van der Waals surface area contributed by atoms with Gasteiger partial charge in [0.05, 0.1) is 31.3 Å². The summed E-state index contributed by atoms with van der Waals surface area (Å²) in [5.41, 5.74) is 2.80. The lowest BCUT2D eigenvalue weighted by atomic mass is 10.2. The van der Waals surface area contributed by atoms with E-state index in [-0.39, 0.29) is 11.7 Å². The van der Waals surface area contributed by atoms with Crippen LogP contribution in [-0.4, -0.2) is 40.8 Å². The molecule has 0 radical (unpaired) electrons. The lowest BCUT2D eigenvalue weighted by molar-refractivity contribution is -0.113. The fourth-order valence-corrected chi connectivity index (χ4v) is 3.75. The number of nitrogens with one attached hydrogen (secondary N) is 1. The number of benzene rings is 3. The van der Waals surface area contributed by atoms with Crippen LogP contribution in [0.15, 0.2) is 88.2 Å². The number of nitrogen functional groups attached to an aromatic ring is 1. The van der Waals surface area contributed by atoms with E-state index in [0.29, 0.717) is 39.4 Å². The molecule has 0 aliphatic heterocycles. The van der Waals surface area contributed by atoms with Gasteiger partial charge in [-0.1, -0.05) is 30.0 Å². The zero-order chi connectivity index (χ0) is 24.6. The van der Waals surface area contributed by atoms with Gasteiger partial charge in [0.2, 0.25) is 11.1 Å². The zero-order valence-corrected chi connectivity index (χ0v) is 19.9. The first kappa shape index (κ1) is 23.8. The highest BCUT2D eigenvalue weighted by Gasteiger charge is 2.16. The first-order valence-electron chi connectivity index (χ1n) is 10.5. The van der Waals surface area contributed by atoms with Crippen molar-refractivity contribution in [3.63, 3.8) is 0 Å². The number of nitrogens with zero attached hydrogens (tertiary/aromatic N) is 5. The van der Waals surface area contributed by atoms with Gasteiger partial charge in [0.25, 0.3) is 0 Å². The summed E-state index contributed by atoms with van der Waals surface area (Å²) in [4.78, 5) is 12.4. The van der Waals surface area contributed by atoms with Crippen LogP contribution in [0.25, 0.3) is 11.4 Å². The molecule has 0 bridgehead atoms. The molecule has 1 heterocycles. The molecule has 0 saturated carbocycles. The molecule has 0 aliphatic carbocycles. The molecule has 0 aliphatic rings. The van der Waals surface area contributed by atoms with Crippen LogP contribution >= 0.6 is 11.8 Å². The summed E-state index contributed by atoms with van der Waals surface area (Å²) in [6.07, 6.45) is 0. The number of hydrogen-bond acceptors (Lipinski definition) is 9. The number of carbonyl (C=O) groups is 1. The predicted molar refractivity (Wildman–Crippen MR) is 135 cm³/mol. The second-order valence-electron chi connectivity index (χ2n) is 7.17. The van der Waals surface area contributed by atoms with Gasteiger partial charge in [-0.05, 0) is 54.6 Å². The van der Waals surface area contributed by atoms with Crippen molar-refractivity contribution < 1.29 is 14.3 Å². The van der Waals surface area contributed by atoms with E-state index in [9.17, 15) is 4.79 Å². The third kappa shape index (κ3) is 5.95. The Hall–Kier alpha value is -4.38. The average Bonchev–Trinajstić information content (AvgIpc) is 3.27. The Kier molecular flexibility index (Phi) is 7.58. The summed E-state index contributed by atoms with van der Waals surface area (Å²) in [5, 5.41) is 19.9. The molecular formula is C24H23N7O3S. The molecule has 4 rings (SSSR count). The topological polar surface area (TPSA) is 129 Å². The summed E-state index contributed by atoms with van der Waals surface area (Å²) < 4.78 is 11.9. The Morgan fingerprint density at radius 2 is 1.63 bits per heavy atom. The Morgan fingerprint density at radius 3 is 2.31 bits per heavy atom. The molecule has 0 spiro atoms. The monoisotopic (exact) mass is 489 g/mol. The molecule has 1 amide bonds. The average molecular weight is 490 g/mol. The molecule has 0 atom stereocenters. The van der Waals surface area contributed by atoms with Gasteiger partial charge in [-0.25, -0.2) is 4.68 Å². The highest BCUT2D eigenvalue weighted by Crippen LogP contribution is 2.32. The second kappa shape index (κ2) is 11.2. The normalized spacial score (nSPS) is 10.9. The highest BCUT2D eigenvalue weighted by molar-refractivity contribution is 7.99. The molecule has 3 aromatic carbocycles. The van der Waals surface area contributed by atoms with Gasteiger partial charge in [-0.15, -0.1) is 10.2 Å². The summed E-state index contributed by atoms with van der Waals surface area (Å²) in [6.45, 7) is 0. The minimum atomic E-state index is -0.204. The van der Waals surface area contributed by atoms with Crippen LogP contribution in [-0.2, 0) is 4.79 Å². The number of rotatable bonds is 9. The molecule has 3 N–H and O–H groups in total. The smallest absolute Gasteiger partial charge is 0.234 e. The van der Waals surface area contributed by atoms with E-state index in [1.165, 1.54) is 16.4 Å². The second-order valence-corrected chi connectivity index (χ2v) is 8.11. The van der Waals surface area contributed by atoms with Crippen LogP contribution in [0.1, 0.15) is 0 Å². The molecule has 10 nitrogen and oxygen atoms in total. The van der Waals surface area contributed by atoms with E-state index in [0.717, 1.165) is 5.69 Å². The Balaban J connectivity index is 1.34. The number of azo groups is 1. The van der Waals surface area contributed by atoms with Crippen molar-refractivity contribution in [3.8, 4) is 22.9 Å². The zero-order valence-electron chi connectivity index (χ0n) is 19.1. The SMILES string of the molecule is COc1ccc(-c2nnc(SCC(=O)Nc3ccc(N=Nc4ccccc4)cc3)n2N)cc1OC. The third-order valence-corrected chi connectivity index (χ3v) is 5.77. The van der Waals surface area contributed by atoms with Crippen LogP contribution in [0.3, 0.4) is 0 Å². The van der Waals surface area contributed by atoms with Gasteiger partial charge >= 0.3 is 0 Å². The van der Waals surface area contributed by atoms with E-state index >= 15 is 0 Å². The first-order valence-corrected chi connectivity index (χ1v) is 11.5. The molecule has 178 valence electrons. The maximum atomic E-state index is 12.4. The minimum absolute atomic E-state index is 0.108. The van der Waals surface area contributed by atoms with Crippen LogP contribution in [0.4, 0.5) is 17.1 Å². The van der Waals surface area contributed by atoms with Crippen LogP contribution in [0.5, 0.6) is 11.5 Å². The predicted octanol–water partition coefficient (Wildman–Crippen LogP) is 4.82. The molecule has 0 fully saturated rings. The summed E-state index contributed by atoms with van der Waals surface area (Å²) >= 11 is 1.18. The number of nitrogens with two attached hydrogens (primary N) is 1. The molecule has 0 saturated heterocycles. The summed E-state index contributed by atoms with van der Waals surface area (Å²) in [7, 11) is 3.12. The molecule has 4 aromatic rings. The van der Waals surface area contributed by atoms with Crippen molar-refractivity contribution in [2.24, 2.45) is 10.2 Å². The van der Waals surface area contributed by atoms with Crippen LogP contribution < -0.4 is 20.6 Å². The minimum Gasteiger partial charge on any atom is -0.493 e.